The van der Waals surface area contributed by atoms with E-state index in [0.29, 0.717) is 13.2 Å². The van der Waals surface area contributed by atoms with E-state index in [2.05, 4.69) is 15.2 Å². The van der Waals surface area contributed by atoms with Crippen molar-refractivity contribution < 1.29 is 14.2 Å². The molecule has 1 aliphatic heterocycles. The standard InChI is InChI=1S/C13H24N4O3/c1-3-19-13(20-4-2)12-11-17(15-14-12)6-5-16-7-9-18-10-8-16/h11,13H,3-10H2,1-2H3. The molecule has 20 heavy (non-hydrogen) atoms. The van der Waals surface area contributed by atoms with Gasteiger partial charge in [0, 0.05) is 32.8 Å². The maximum absolute atomic E-state index is 5.51. The van der Waals surface area contributed by atoms with E-state index in [1.165, 1.54) is 0 Å². The molecule has 0 aromatic carbocycles. The van der Waals surface area contributed by atoms with Gasteiger partial charge >= 0.3 is 0 Å². The van der Waals surface area contributed by atoms with Gasteiger partial charge in [-0.15, -0.1) is 5.10 Å². The Hall–Kier alpha value is -1.02. The van der Waals surface area contributed by atoms with Gasteiger partial charge in [-0.05, 0) is 13.8 Å². The number of hydrogen-bond acceptors (Lipinski definition) is 6. The fourth-order valence-corrected chi connectivity index (χ4v) is 2.12. The second-order valence-corrected chi connectivity index (χ2v) is 4.60. The first-order chi connectivity index (χ1) is 9.83. The molecule has 0 spiro atoms. The molecule has 0 atom stereocenters. The van der Waals surface area contributed by atoms with Gasteiger partial charge in [0.05, 0.1) is 26.0 Å². The van der Waals surface area contributed by atoms with Crippen molar-refractivity contribution in [3.05, 3.63) is 11.9 Å². The number of rotatable bonds is 8. The molecule has 2 heterocycles. The quantitative estimate of drug-likeness (QED) is 0.654. The van der Waals surface area contributed by atoms with Crippen LogP contribution in [0.15, 0.2) is 6.20 Å². The third-order valence-electron chi connectivity index (χ3n) is 3.18. The third-order valence-corrected chi connectivity index (χ3v) is 3.18. The SMILES string of the molecule is CCOC(OCC)c1cn(CCN2CCOCC2)nn1. The van der Waals surface area contributed by atoms with E-state index in [4.69, 9.17) is 14.2 Å². The number of morpholine rings is 1. The Bertz CT molecular complexity index is 373. The van der Waals surface area contributed by atoms with Gasteiger partial charge in [0.2, 0.25) is 6.29 Å². The van der Waals surface area contributed by atoms with Crippen molar-refractivity contribution in [1.29, 1.82) is 0 Å². The summed E-state index contributed by atoms with van der Waals surface area (Å²) in [5.41, 5.74) is 0.732. The first kappa shape index (κ1) is 15.4. The van der Waals surface area contributed by atoms with Crippen LogP contribution in [0.25, 0.3) is 0 Å². The summed E-state index contributed by atoms with van der Waals surface area (Å²) in [7, 11) is 0. The van der Waals surface area contributed by atoms with Crippen molar-refractivity contribution in [3.63, 3.8) is 0 Å². The Morgan fingerprint density at radius 2 is 1.90 bits per heavy atom. The molecule has 2 rings (SSSR count). The van der Waals surface area contributed by atoms with Crippen LogP contribution >= 0.6 is 0 Å². The molecule has 0 saturated carbocycles. The molecule has 1 aromatic heterocycles. The molecule has 0 bridgehead atoms. The molecule has 7 heteroatoms. The van der Waals surface area contributed by atoms with Crippen LogP contribution < -0.4 is 0 Å². The highest BCUT2D eigenvalue weighted by Gasteiger charge is 2.16. The number of nitrogens with zero attached hydrogens (tertiary/aromatic N) is 4. The zero-order valence-electron chi connectivity index (χ0n) is 12.3. The number of ether oxygens (including phenoxy) is 3. The second kappa shape index (κ2) is 8.31. The summed E-state index contributed by atoms with van der Waals surface area (Å²) in [4.78, 5) is 2.37. The van der Waals surface area contributed by atoms with Crippen LogP contribution in [-0.2, 0) is 20.8 Å². The molecule has 0 unspecified atom stereocenters. The highest BCUT2D eigenvalue weighted by atomic mass is 16.7. The van der Waals surface area contributed by atoms with Crippen LogP contribution in [-0.4, -0.2) is 66.0 Å². The van der Waals surface area contributed by atoms with Gasteiger partial charge in [-0.1, -0.05) is 5.21 Å². The Morgan fingerprint density at radius 1 is 1.20 bits per heavy atom. The van der Waals surface area contributed by atoms with Crippen LogP contribution in [0.3, 0.4) is 0 Å². The summed E-state index contributed by atoms with van der Waals surface area (Å²) in [6.45, 7) is 10.4. The lowest BCUT2D eigenvalue weighted by Gasteiger charge is -2.26. The highest BCUT2D eigenvalue weighted by Crippen LogP contribution is 2.15. The van der Waals surface area contributed by atoms with E-state index >= 15 is 0 Å². The molecule has 0 N–H and O–H groups in total. The average Bonchev–Trinajstić information content (AvgIpc) is 2.95. The smallest absolute Gasteiger partial charge is 0.204 e. The zero-order chi connectivity index (χ0) is 14.2. The Balaban J connectivity index is 1.83. The molecule has 1 fully saturated rings. The molecular formula is C13H24N4O3. The normalized spacial score (nSPS) is 16.9. The topological polar surface area (TPSA) is 61.6 Å². The van der Waals surface area contributed by atoms with E-state index in [1.807, 2.05) is 24.7 Å². The predicted octanol–water partition coefficient (Wildman–Crippen LogP) is 0.682. The molecule has 114 valence electrons. The van der Waals surface area contributed by atoms with Gasteiger partial charge < -0.3 is 14.2 Å². The van der Waals surface area contributed by atoms with Crippen LogP contribution in [0.2, 0.25) is 0 Å². The van der Waals surface area contributed by atoms with Gasteiger partial charge in [0.1, 0.15) is 5.69 Å². The van der Waals surface area contributed by atoms with Gasteiger partial charge in [-0.2, -0.15) is 0 Å². The molecule has 1 aliphatic rings. The summed E-state index contributed by atoms with van der Waals surface area (Å²) in [6.07, 6.45) is 1.48. The van der Waals surface area contributed by atoms with Gasteiger partial charge in [0.15, 0.2) is 0 Å². The summed E-state index contributed by atoms with van der Waals surface area (Å²) < 4.78 is 18.2. The van der Waals surface area contributed by atoms with E-state index in [-0.39, 0.29) is 0 Å². The first-order valence-corrected chi connectivity index (χ1v) is 7.26. The molecule has 0 aliphatic carbocycles. The van der Waals surface area contributed by atoms with Crippen LogP contribution in [0.5, 0.6) is 0 Å². The van der Waals surface area contributed by atoms with Gasteiger partial charge in [-0.3, -0.25) is 9.58 Å². The minimum absolute atomic E-state index is 0.415. The monoisotopic (exact) mass is 284 g/mol. The molecule has 1 saturated heterocycles. The van der Waals surface area contributed by atoms with E-state index in [0.717, 1.165) is 45.1 Å². The summed E-state index contributed by atoms with van der Waals surface area (Å²) in [5, 5.41) is 8.27. The zero-order valence-corrected chi connectivity index (χ0v) is 12.3. The fourth-order valence-electron chi connectivity index (χ4n) is 2.12. The molecule has 0 amide bonds. The van der Waals surface area contributed by atoms with E-state index in [1.54, 1.807) is 0 Å². The van der Waals surface area contributed by atoms with E-state index < -0.39 is 6.29 Å². The fraction of sp³-hybridized carbons (Fsp3) is 0.846. The van der Waals surface area contributed by atoms with E-state index in [9.17, 15) is 0 Å². The van der Waals surface area contributed by atoms with Crippen molar-refractivity contribution in [2.24, 2.45) is 0 Å². The van der Waals surface area contributed by atoms with Crippen LogP contribution in [0.4, 0.5) is 0 Å². The van der Waals surface area contributed by atoms with Crippen molar-refractivity contribution >= 4 is 0 Å². The summed E-state index contributed by atoms with van der Waals surface area (Å²) in [6, 6.07) is 0. The molecule has 7 nitrogen and oxygen atoms in total. The minimum atomic E-state index is -0.415. The maximum atomic E-state index is 5.51. The van der Waals surface area contributed by atoms with Gasteiger partial charge in [-0.25, -0.2) is 0 Å². The minimum Gasteiger partial charge on any atom is -0.379 e. The van der Waals surface area contributed by atoms with Crippen molar-refractivity contribution in [1.82, 2.24) is 19.9 Å². The van der Waals surface area contributed by atoms with Crippen molar-refractivity contribution in [3.8, 4) is 0 Å². The molecular weight excluding hydrogens is 260 g/mol. The van der Waals surface area contributed by atoms with Crippen LogP contribution in [0, 0.1) is 0 Å². The second-order valence-electron chi connectivity index (χ2n) is 4.60. The lowest BCUT2D eigenvalue weighted by molar-refractivity contribution is -0.142. The predicted molar refractivity (Wildman–Crippen MR) is 73.3 cm³/mol. The molecule has 0 radical (unpaired) electrons. The first-order valence-electron chi connectivity index (χ1n) is 7.26. The summed E-state index contributed by atoms with van der Waals surface area (Å²) in [5.74, 6) is 0. The van der Waals surface area contributed by atoms with Crippen molar-refractivity contribution in [2.75, 3.05) is 46.1 Å². The largest absolute Gasteiger partial charge is 0.379 e. The van der Waals surface area contributed by atoms with Gasteiger partial charge in [0.25, 0.3) is 0 Å². The maximum Gasteiger partial charge on any atom is 0.204 e. The third kappa shape index (κ3) is 4.52. The number of aromatic nitrogens is 3. The van der Waals surface area contributed by atoms with Crippen LogP contribution in [0.1, 0.15) is 25.8 Å². The molecule has 1 aromatic rings. The number of hydrogen-bond donors (Lipinski definition) is 0. The average molecular weight is 284 g/mol. The Morgan fingerprint density at radius 3 is 2.55 bits per heavy atom. The Labute approximate surface area is 119 Å². The lowest BCUT2D eigenvalue weighted by Crippen LogP contribution is -2.38. The highest BCUT2D eigenvalue weighted by molar-refractivity contribution is 4.94. The summed E-state index contributed by atoms with van der Waals surface area (Å²) >= 11 is 0. The Kier molecular flexibility index (Phi) is 6.38. The lowest BCUT2D eigenvalue weighted by atomic mass is 10.4. The van der Waals surface area contributed by atoms with Crippen molar-refractivity contribution in [2.45, 2.75) is 26.7 Å².